The van der Waals surface area contributed by atoms with Crippen molar-refractivity contribution in [2.75, 3.05) is 32.2 Å². The van der Waals surface area contributed by atoms with Crippen molar-refractivity contribution in [3.63, 3.8) is 0 Å². The average Bonchev–Trinajstić information content (AvgIpc) is 2.86. The lowest BCUT2D eigenvalue weighted by Gasteiger charge is -2.38. The second kappa shape index (κ2) is 10.5. The third kappa shape index (κ3) is 5.55. The Morgan fingerprint density at radius 1 is 0.909 bits per heavy atom. The van der Waals surface area contributed by atoms with E-state index in [0.717, 1.165) is 55.2 Å². The molecule has 33 heavy (non-hydrogen) atoms. The lowest BCUT2D eigenvalue weighted by molar-refractivity contribution is 0.0958. The van der Waals surface area contributed by atoms with Gasteiger partial charge >= 0.3 is 0 Å². The molecule has 3 aromatic rings. The largest absolute Gasteiger partial charge is 0.497 e. The number of carbonyl (C=O) groups excluding carboxylic acids is 1. The van der Waals surface area contributed by atoms with E-state index in [1.165, 1.54) is 11.1 Å². The lowest BCUT2D eigenvalue weighted by Crippen LogP contribution is -2.47. The molecule has 0 aromatic heterocycles. The molecule has 1 aliphatic heterocycles. The highest BCUT2D eigenvalue weighted by Gasteiger charge is 2.30. The zero-order valence-corrected chi connectivity index (χ0v) is 19.7. The maximum absolute atomic E-state index is 13.5. The minimum absolute atomic E-state index is 0.0652. The summed E-state index contributed by atoms with van der Waals surface area (Å²) in [4.78, 5) is 18.0. The van der Waals surface area contributed by atoms with Crippen molar-refractivity contribution < 1.29 is 14.3 Å². The molecule has 0 saturated carbocycles. The van der Waals surface area contributed by atoms with Crippen LogP contribution in [0.3, 0.4) is 0 Å². The Morgan fingerprint density at radius 3 is 2.09 bits per heavy atom. The van der Waals surface area contributed by atoms with Crippen molar-refractivity contribution in [3.05, 3.63) is 89.5 Å². The molecule has 0 atom stereocenters. The molecule has 1 amide bonds. The normalized spacial score (nSPS) is 14.6. The van der Waals surface area contributed by atoms with Crippen molar-refractivity contribution >= 4 is 11.6 Å². The molecule has 5 heteroatoms. The van der Waals surface area contributed by atoms with Crippen LogP contribution < -0.4 is 14.4 Å². The SMILES string of the molecule is COc1cc(CN2CCC(N(C(=O)c3ccccc3)c3ccc(C)cc3)CC2)cc(OC)c1. The van der Waals surface area contributed by atoms with Crippen LogP contribution in [0.15, 0.2) is 72.8 Å². The third-order valence-electron chi connectivity index (χ3n) is 6.29. The van der Waals surface area contributed by atoms with Gasteiger partial charge in [0.05, 0.1) is 14.2 Å². The number of carbonyl (C=O) groups is 1. The fourth-order valence-corrected chi connectivity index (χ4v) is 4.47. The summed E-state index contributed by atoms with van der Waals surface area (Å²) in [5.41, 5.74) is 4.05. The number of methoxy groups -OCH3 is 2. The minimum Gasteiger partial charge on any atom is -0.497 e. The number of nitrogens with zero attached hydrogens (tertiary/aromatic N) is 2. The van der Waals surface area contributed by atoms with Crippen LogP contribution >= 0.6 is 0 Å². The van der Waals surface area contributed by atoms with E-state index in [1.807, 2.05) is 41.3 Å². The molecular formula is C28H32N2O3. The highest BCUT2D eigenvalue weighted by atomic mass is 16.5. The third-order valence-corrected chi connectivity index (χ3v) is 6.29. The summed E-state index contributed by atoms with van der Waals surface area (Å²) < 4.78 is 10.8. The van der Waals surface area contributed by atoms with E-state index in [9.17, 15) is 4.79 Å². The fraction of sp³-hybridized carbons (Fsp3) is 0.321. The molecule has 0 N–H and O–H groups in total. The molecule has 1 saturated heterocycles. The summed E-state index contributed by atoms with van der Waals surface area (Å²) in [6.45, 7) is 4.75. The topological polar surface area (TPSA) is 42.0 Å². The van der Waals surface area contributed by atoms with Crippen LogP contribution in [0, 0.1) is 6.92 Å². The highest BCUT2D eigenvalue weighted by molar-refractivity contribution is 6.06. The monoisotopic (exact) mass is 444 g/mol. The van der Waals surface area contributed by atoms with Gasteiger partial charge in [0.15, 0.2) is 0 Å². The molecule has 1 aliphatic rings. The maximum atomic E-state index is 13.5. The smallest absolute Gasteiger partial charge is 0.258 e. The Bertz CT molecular complexity index is 1040. The van der Waals surface area contributed by atoms with Crippen LogP contribution in [0.4, 0.5) is 5.69 Å². The molecule has 1 heterocycles. The molecule has 4 rings (SSSR count). The first-order valence-electron chi connectivity index (χ1n) is 11.5. The van der Waals surface area contributed by atoms with E-state index in [2.05, 4.69) is 48.2 Å². The van der Waals surface area contributed by atoms with Gasteiger partial charge in [0.25, 0.3) is 5.91 Å². The van der Waals surface area contributed by atoms with Gasteiger partial charge in [0, 0.05) is 43.0 Å². The molecule has 0 spiro atoms. The van der Waals surface area contributed by atoms with E-state index in [0.29, 0.717) is 0 Å². The van der Waals surface area contributed by atoms with Crippen molar-refractivity contribution in [2.45, 2.75) is 32.4 Å². The van der Waals surface area contributed by atoms with E-state index < -0.39 is 0 Å². The summed E-state index contributed by atoms with van der Waals surface area (Å²) in [6.07, 6.45) is 1.85. The summed E-state index contributed by atoms with van der Waals surface area (Å²) in [5.74, 6) is 1.67. The quantitative estimate of drug-likeness (QED) is 0.494. The van der Waals surface area contributed by atoms with Crippen molar-refractivity contribution in [3.8, 4) is 11.5 Å². The summed E-state index contributed by atoms with van der Waals surface area (Å²) in [7, 11) is 3.35. The second-order valence-electron chi connectivity index (χ2n) is 8.60. The predicted octanol–water partition coefficient (Wildman–Crippen LogP) is 5.32. The first-order valence-corrected chi connectivity index (χ1v) is 11.5. The minimum atomic E-state index is 0.0652. The van der Waals surface area contributed by atoms with Crippen molar-refractivity contribution in [2.24, 2.45) is 0 Å². The number of anilines is 1. The Morgan fingerprint density at radius 2 is 1.52 bits per heavy atom. The first-order chi connectivity index (χ1) is 16.1. The number of benzene rings is 3. The standard InChI is InChI=1S/C28H32N2O3/c1-21-9-11-24(12-10-21)30(28(31)23-7-5-4-6-8-23)25-13-15-29(16-14-25)20-22-17-26(32-2)19-27(18-22)33-3/h4-12,17-19,25H,13-16,20H2,1-3H3. The number of ether oxygens (including phenoxy) is 2. The Labute approximate surface area is 196 Å². The van der Waals surface area contributed by atoms with E-state index in [4.69, 9.17) is 9.47 Å². The highest BCUT2D eigenvalue weighted by Crippen LogP contribution is 2.28. The number of hydrogen-bond acceptors (Lipinski definition) is 4. The van der Waals surface area contributed by atoms with Gasteiger partial charge in [-0.25, -0.2) is 0 Å². The van der Waals surface area contributed by atoms with E-state index >= 15 is 0 Å². The van der Waals surface area contributed by atoms with Crippen LogP contribution in [0.2, 0.25) is 0 Å². The molecule has 3 aromatic carbocycles. The number of aryl methyl sites for hydroxylation is 1. The first kappa shape index (κ1) is 22.9. The van der Waals surface area contributed by atoms with Crippen molar-refractivity contribution in [1.82, 2.24) is 4.90 Å². The molecule has 0 bridgehead atoms. The number of piperidine rings is 1. The fourth-order valence-electron chi connectivity index (χ4n) is 4.47. The van der Waals surface area contributed by atoms with Gasteiger partial charge in [-0.3, -0.25) is 9.69 Å². The van der Waals surface area contributed by atoms with Gasteiger partial charge in [-0.1, -0.05) is 35.9 Å². The van der Waals surface area contributed by atoms with Crippen LogP contribution in [-0.2, 0) is 6.54 Å². The lowest BCUT2D eigenvalue weighted by atomic mass is 10.00. The molecule has 0 radical (unpaired) electrons. The molecule has 1 fully saturated rings. The second-order valence-corrected chi connectivity index (χ2v) is 8.60. The molecular weight excluding hydrogens is 412 g/mol. The zero-order valence-electron chi connectivity index (χ0n) is 19.7. The van der Waals surface area contributed by atoms with Crippen LogP contribution in [0.5, 0.6) is 11.5 Å². The Hall–Kier alpha value is -3.31. The van der Waals surface area contributed by atoms with Crippen molar-refractivity contribution in [1.29, 1.82) is 0 Å². The van der Waals surface area contributed by atoms with Gasteiger partial charge in [-0.15, -0.1) is 0 Å². The van der Waals surface area contributed by atoms with Crippen LogP contribution in [0.25, 0.3) is 0 Å². The number of rotatable bonds is 7. The molecule has 172 valence electrons. The molecule has 5 nitrogen and oxygen atoms in total. The van der Waals surface area contributed by atoms with Gasteiger partial charge in [-0.2, -0.15) is 0 Å². The Balaban J connectivity index is 1.49. The summed E-state index contributed by atoms with van der Waals surface area (Å²) >= 11 is 0. The van der Waals surface area contributed by atoms with Crippen LogP contribution in [0.1, 0.15) is 34.3 Å². The number of likely N-dealkylation sites (tertiary alicyclic amines) is 1. The summed E-state index contributed by atoms with van der Waals surface area (Å²) in [5, 5.41) is 0. The van der Waals surface area contributed by atoms with Gasteiger partial charge < -0.3 is 14.4 Å². The molecule has 0 aliphatic carbocycles. The molecule has 0 unspecified atom stereocenters. The van der Waals surface area contributed by atoms with Gasteiger partial charge in [-0.05, 0) is 61.7 Å². The van der Waals surface area contributed by atoms with Gasteiger partial charge in [0.2, 0.25) is 0 Å². The number of hydrogen-bond donors (Lipinski definition) is 0. The number of amides is 1. The Kier molecular flexibility index (Phi) is 7.30. The predicted molar refractivity (Wildman–Crippen MR) is 132 cm³/mol. The van der Waals surface area contributed by atoms with E-state index in [-0.39, 0.29) is 11.9 Å². The maximum Gasteiger partial charge on any atom is 0.258 e. The zero-order chi connectivity index (χ0) is 23.2. The average molecular weight is 445 g/mol. The van der Waals surface area contributed by atoms with Gasteiger partial charge in [0.1, 0.15) is 11.5 Å². The van der Waals surface area contributed by atoms with Crippen LogP contribution in [-0.4, -0.2) is 44.2 Å². The van der Waals surface area contributed by atoms with E-state index in [1.54, 1.807) is 14.2 Å². The summed E-state index contributed by atoms with van der Waals surface area (Å²) in [6, 6.07) is 24.0.